The number of primary amides is 1. The number of nitrogens with zero attached hydrogens (tertiary/aromatic N) is 1. The zero-order valence-electron chi connectivity index (χ0n) is 11.7. The summed E-state index contributed by atoms with van der Waals surface area (Å²) in [5.41, 5.74) is 11.3. The first kappa shape index (κ1) is 17.3. The monoisotopic (exact) mass is 313 g/mol. The van der Waals surface area contributed by atoms with E-state index in [4.69, 9.17) is 16.2 Å². The Morgan fingerprint density at radius 2 is 1.95 bits per heavy atom. The highest BCUT2D eigenvalue weighted by atomic mass is 35.5. The summed E-state index contributed by atoms with van der Waals surface area (Å²) in [5, 5.41) is 0. The standard InChI is InChI=1S/C14H19N3O3.ClH/c15-8-11-2-1-7-17(11)14(19)10-3-5-12(6-4-10)20-9-13(16)18;/h3-6,11H,1-2,7-9,15H2,(H2,16,18);1H. The first-order chi connectivity index (χ1) is 9.61. The van der Waals surface area contributed by atoms with Crippen LogP contribution in [-0.4, -0.2) is 42.5 Å². The van der Waals surface area contributed by atoms with Crippen LogP contribution in [-0.2, 0) is 4.79 Å². The number of carbonyl (C=O) groups is 2. The van der Waals surface area contributed by atoms with Crippen LogP contribution in [0.5, 0.6) is 5.75 Å². The molecule has 1 aromatic carbocycles. The summed E-state index contributed by atoms with van der Waals surface area (Å²) >= 11 is 0. The second kappa shape index (κ2) is 7.85. The first-order valence-corrected chi connectivity index (χ1v) is 6.64. The van der Waals surface area contributed by atoms with E-state index in [0.29, 0.717) is 17.9 Å². The van der Waals surface area contributed by atoms with Crippen LogP contribution < -0.4 is 16.2 Å². The summed E-state index contributed by atoms with van der Waals surface area (Å²) < 4.78 is 5.15. The second-order valence-corrected chi connectivity index (χ2v) is 4.81. The van der Waals surface area contributed by atoms with Crippen molar-refractivity contribution in [3.8, 4) is 5.75 Å². The minimum Gasteiger partial charge on any atom is -0.484 e. The van der Waals surface area contributed by atoms with Crippen LogP contribution in [0.4, 0.5) is 0 Å². The Kier molecular flexibility index (Phi) is 6.45. The number of hydrogen-bond donors (Lipinski definition) is 2. The lowest BCUT2D eigenvalue weighted by molar-refractivity contribution is -0.119. The molecule has 1 saturated heterocycles. The topological polar surface area (TPSA) is 98.7 Å². The average Bonchev–Trinajstić information content (AvgIpc) is 2.93. The van der Waals surface area contributed by atoms with Gasteiger partial charge in [-0.1, -0.05) is 0 Å². The van der Waals surface area contributed by atoms with Crippen molar-refractivity contribution in [2.45, 2.75) is 18.9 Å². The predicted octanol–water partition coefficient (Wildman–Crippen LogP) is 0.536. The van der Waals surface area contributed by atoms with E-state index in [1.807, 2.05) is 4.90 Å². The van der Waals surface area contributed by atoms with E-state index in [-0.39, 0.29) is 31.0 Å². The van der Waals surface area contributed by atoms with Gasteiger partial charge in [-0.2, -0.15) is 0 Å². The van der Waals surface area contributed by atoms with Gasteiger partial charge in [-0.25, -0.2) is 0 Å². The smallest absolute Gasteiger partial charge is 0.255 e. The van der Waals surface area contributed by atoms with Gasteiger partial charge in [-0.15, -0.1) is 12.4 Å². The molecule has 0 saturated carbocycles. The number of benzene rings is 1. The third-order valence-corrected chi connectivity index (χ3v) is 3.39. The molecule has 116 valence electrons. The van der Waals surface area contributed by atoms with Gasteiger partial charge in [0.1, 0.15) is 5.75 Å². The first-order valence-electron chi connectivity index (χ1n) is 6.64. The summed E-state index contributed by atoms with van der Waals surface area (Å²) in [7, 11) is 0. The van der Waals surface area contributed by atoms with Crippen LogP contribution in [0.3, 0.4) is 0 Å². The quantitative estimate of drug-likeness (QED) is 0.828. The molecule has 0 bridgehead atoms. The number of ether oxygens (including phenoxy) is 1. The Morgan fingerprint density at radius 1 is 1.29 bits per heavy atom. The van der Waals surface area contributed by atoms with Crippen molar-refractivity contribution in [1.29, 1.82) is 0 Å². The molecule has 4 N–H and O–H groups in total. The Morgan fingerprint density at radius 3 is 2.52 bits per heavy atom. The molecule has 2 amide bonds. The normalized spacial score (nSPS) is 17.2. The van der Waals surface area contributed by atoms with Gasteiger partial charge in [0.15, 0.2) is 6.61 Å². The highest BCUT2D eigenvalue weighted by molar-refractivity contribution is 5.94. The van der Waals surface area contributed by atoms with Crippen LogP contribution in [0, 0.1) is 0 Å². The Hall–Kier alpha value is -1.79. The van der Waals surface area contributed by atoms with Gasteiger partial charge in [0.2, 0.25) is 0 Å². The van der Waals surface area contributed by atoms with E-state index in [0.717, 1.165) is 19.4 Å². The third-order valence-electron chi connectivity index (χ3n) is 3.39. The molecule has 1 heterocycles. The van der Waals surface area contributed by atoms with Gasteiger partial charge in [-0.3, -0.25) is 9.59 Å². The average molecular weight is 314 g/mol. The highest BCUT2D eigenvalue weighted by Gasteiger charge is 2.28. The molecule has 1 atom stereocenters. The van der Waals surface area contributed by atoms with Crippen LogP contribution in [0.25, 0.3) is 0 Å². The van der Waals surface area contributed by atoms with Crippen molar-refractivity contribution in [3.63, 3.8) is 0 Å². The van der Waals surface area contributed by atoms with Gasteiger partial charge >= 0.3 is 0 Å². The molecule has 1 unspecified atom stereocenters. The molecule has 1 aliphatic heterocycles. The van der Waals surface area contributed by atoms with Crippen molar-refractivity contribution in [1.82, 2.24) is 4.90 Å². The molecule has 0 radical (unpaired) electrons. The fourth-order valence-corrected chi connectivity index (χ4v) is 2.36. The molecule has 1 aliphatic rings. The number of rotatable bonds is 5. The Balaban J connectivity index is 0.00000220. The van der Waals surface area contributed by atoms with E-state index in [1.54, 1.807) is 24.3 Å². The molecule has 0 spiro atoms. The van der Waals surface area contributed by atoms with Crippen molar-refractivity contribution in [3.05, 3.63) is 29.8 Å². The molecule has 1 aromatic rings. The largest absolute Gasteiger partial charge is 0.484 e. The van der Waals surface area contributed by atoms with Crippen molar-refractivity contribution in [2.24, 2.45) is 11.5 Å². The lowest BCUT2D eigenvalue weighted by Gasteiger charge is -2.23. The molecule has 6 nitrogen and oxygen atoms in total. The van der Waals surface area contributed by atoms with Gasteiger partial charge < -0.3 is 21.1 Å². The maximum absolute atomic E-state index is 12.3. The molecule has 1 fully saturated rings. The van der Waals surface area contributed by atoms with E-state index >= 15 is 0 Å². The molecule has 7 heteroatoms. The molecular formula is C14H20ClN3O3. The van der Waals surface area contributed by atoms with E-state index in [2.05, 4.69) is 0 Å². The van der Waals surface area contributed by atoms with Crippen LogP contribution >= 0.6 is 12.4 Å². The summed E-state index contributed by atoms with van der Waals surface area (Å²) in [5.74, 6) is -0.0374. The lowest BCUT2D eigenvalue weighted by atomic mass is 10.1. The van der Waals surface area contributed by atoms with Crippen molar-refractivity contribution >= 4 is 24.2 Å². The fraction of sp³-hybridized carbons (Fsp3) is 0.429. The van der Waals surface area contributed by atoms with Crippen molar-refractivity contribution in [2.75, 3.05) is 19.7 Å². The SMILES string of the molecule is Cl.NCC1CCCN1C(=O)c1ccc(OCC(N)=O)cc1. The zero-order chi connectivity index (χ0) is 14.5. The van der Waals surface area contributed by atoms with Gasteiger partial charge in [0.25, 0.3) is 11.8 Å². The van der Waals surface area contributed by atoms with E-state index in [9.17, 15) is 9.59 Å². The summed E-state index contributed by atoms with van der Waals surface area (Å²) in [6, 6.07) is 6.82. The fourth-order valence-electron chi connectivity index (χ4n) is 2.36. The van der Waals surface area contributed by atoms with Gasteiger partial charge in [0.05, 0.1) is 0 Å². The summed E-state index contributed by atoms with van der Waals surface area (Å²) in [6.07, 6.45) is 1.95. The van der Waals surface area contributed by atoms with E-state index < -0.39 is 5.91 Å². The number of halogens is 1. The predicted molar refractivity (Wildman–Crippen MR) is 81.5 cm³/mol. The van der Waals surface area contributed by atoms with E-state index in [1.165, 1.54) is 0 Å². The maximum atomic E-state index is 12.3. The van der Waals surface area contributed by atoms with Crippen LogP contribution in [0.1, 0.15) is 23.2 Å². The minimum atomic E-state index is -0.534. The molecule has 2 rings (SSSR count). The maximum Gasteiger partial charge on any atom is 0.255 e. The Bertz CT molecular complexity index is 493. The second-order valence-electron chi connectivity index (χ2n) is 4.81. The molecule has 0 aromatic heterocycles. The molecular weight excluding hydrogens is 294 g/mol. The number of amides is 2. The highest BCUT2D eigenvalue weighted by Crippen LogP contribution is 2.20. The minimum absolute atomic E-state index is 0. The summed E-state index contributed by atoms with van der Waals surface area (Å²) in [4.78, 5) is 24.8. The molecule has 0 aliphatic carbocycles. The van der Waals surface area contributed by atoms with Crippen LogP contribution in [0.2, 0.25) is 0 Å². The lowest BCUT2D eigenvalue weighted by Crippen LogP contribution is -2.39. The number of carbonyl (C=O) groups excluding carboxylic acids is 2. The van der Waals surface area contributed by atoms with Gasteiger partial charge in [-0.05, 0) is 37.1 Å². The Labute approximate surface area is 129 Å². The number of likely N-dealkylation sites (tertiary alicyclic amines) is 1. The number of hydrogen-bond acceptors (Lipinski definition) is 4. The number of nitrogens with two attached hydrogens (primary N) is 2. The zero-order valence-corrected chi connectivity index (χ0v) is 12.5. The summed E-state index contributed by atoms with van der Waals surface area (Å²) in [6.45, 7) is 1.07. The third kappa shape index (κ3) is 4.34. The van der Waals surface area contributed by atoms with Crippen molar-refractivity contribution < 1.29 is 14.3 Å². The van der Waals surface area contributed by atoms with Gasteiger partial charge in [0, 0.05) is 24.7 Å². The molecule has 21 heavy (non-hydrogen) atoms. The van der Waals surface area contributed by atoms with Crippen LogP contribution in [0.15, 0.2) is 24.3 Å².